The largest absolute Gasteiger partial charge is 1.00 e. The van der Waals surface area contributed by atoms with Crippen molar-refractivity contribution in [3.8, 4) is 0 Å². The van der Waals surface area contributed by atoms with Gasteiger partial charge in [-0.1, -0.05) is 0 Å². The van der Waals surface area contributed by atoms with Gasteiger partial charge in [-0.3, -0.25) is 0 Å². The second kappa shape index (κ2) is 15.8. The molecular weight excluding hydrogens is 356 g/mol. The fourth-order valence-electron chi connectivity index (χ4n) is 0.729. The maximum atomic E-state index is 10.3. The quantitative estimate of drug-likeness (QED) is 0.311. The van der Waals surface area contributed by atoms with E-state index >= 15 is 0 Å². The minimum Gasteiger partial charge on any atom is -0.746 e. The zero-order valence-corrected chi connectivity index (χ0v) is 20.7. The first-order chi connectivity index (χ1) is 7.55. The van der Waals surface area contributed by atoms with Crippen molar-refractivity contribution in [3.05, 3.63) is 0 Å². The van der Waals surface area contributed by atoms with Gasteiger partial charge in [0.1, 0.15) is 16.2 Å². The molecule has 0 aliphatic heterocycles. The van der Waals surface area contributed by atoms with Crippen molar-refractivity contribution in [1.29, 1.82) is 0 Å². The molecule has 10 nitrogen and oxygen atoms in total. The van der Waals surface area contributed by atoms with Crippen LogP contribution < -0.4 is 134 Å². The molecule has 0 amide bonds. The van der Waals surface area contributed by atoms with Crippen LogP contribution in [0.3, 0.4) is 0 Å². The first-order valence-corrected chi connectivity index (χ1v) is 5.24. The number of carbonyl (C=O) groups is 3. The Hall–Kier alpha value is 2.28. The molecule has 0 saturated carbocycles. The molecule has 15 heteroatoms. The van der Waals surface area contributed by atoms with E-state index in [1.807, 2.05) is 0 Å². The van der Waals surface area contributed by atoms with E-state index in [1.54, 1.807) is 0 Å². The van der Waals surface area contributed by atoms with Crippen molar-refractivity contribution in [1.82, 2.24) is 0 Å². The molecule has 0 aromatic carbocycles. The summed E-state index contributed by atoms with van der Waals surface area (Å²) >= 11 is 0. The third-order valence-corrected chi connectivity index (χ3v) is 2.19. The average molecular weight is 360 g/mol. The molecule has 0 fully saturated rings. The fraction of sp³-hybridized carbons (Fsp3) is 0.500. The van der Waals surface area contributed by atoms with Crippen LogP contribution >= 0.6 is 0 Å². The van der Waals surface area contributed by atoms with E-state index < -0.39 is 46.0 Å². The molecule has 0 aromatic heterocycles. The minimum absolute atomic E-state index is 0. The van der Waals surface area contributed by atoms with E-state index in [-0.39, 0.29) is 118 Å². The molecule has 2 atom stereocenters. The summed E-state index contributed by atoms with van der Waals surface area (Å²) in [6.45, 7) is 0. The number of hydrogen-bond donors (Lipinski definition) is 0. The Balaban J connectivity index is -0.000000213. The van der Waals surface area contributed by atoms with Crippen molar-refractivity contribution in [2.24, 2.45) is 0 Å². The number of ether oxygens (including phenoxy) is 1. The fourth-order valence-corrected chi connectivity index (χ4v) is 1.23. The monoisotopic (exact) mass is 360 g/mol. The Morgan fingerprint density at radius 1 is 0.905 bits per heavy atom. The molecule has 2 unspecified atom stereocenters. The Bertz CT molecular complexity index is 437. The number of rotatable bonds is 7. The summed E-state index contributed by atoms with van der Waals surface area (Å²) in [4.78, 5) is 30.5. The predicted molar refractivity (Wildman–Crippen MR) is 38.0 cm³/mol. The molecule has 0 bridgehead atoms. The van der Waals surface area contributed by atoms with E-state index in [1.165, 1.54) is 0 Å². The average Bonchev–Trinajstić information content (AvgIpc) is 2.07. The third-order valence-electron chi connectivity index (χ3n) is 1.36. The van der Waals surface area contributed by atoms with E-state index in [0.29, 0.717) is 0 Å². The molecule has 0 aliphatic rings. The van der Waals surface area contributed by atoms with Crippen molar-refractivity contribution < 1.29 is 166 Å². The van der Waals surface area contributed by atoms with Crippen molar-refractivity contribution in [2.75, 3.05) is 0 Å². The summed E-state index contributed by atoms with van der Waals surface area (Å²) in [6, 6.07) is 0. The maximum absolute atomic E-state index is 10.3. The van der Waals surface area contributed by atoms with Gasteiger partial charge in [0, 0.05) is 12.4 Å². The Morgan fingerprint density at radius 3 is 1.48 bits per heavy atom. The molecule has 0 saturated heterocycles. The normalized spacial score (nSPS) is 12.0. The Labute approximate surface area is 208 Å². The number of carboxylic acid groups (broad SMARTS) is 3. The molecule has 0 rings (SSSR count). The summed E-state index contributed by atoms with van der Waals surface area (Å²) < 4.78 is 34.8. The second-order valence-corrected chi connectivity index (χ2v) is 4.08. The van der Waals surface area contributed by atoms with E-state index in [9.17, 15) is 42.7 Å². The van der Waals surface area contributed by atoms with Crippen LogP contribution in [0.5, 0.6) is 0 Å². The molecule has 0 spiro atoms. The van der Waals surface area contributed by atoms with E-state index in [0.717, 1.165) is 0 Å². The number of aliphatic carboxylic acids is 3. The Morgan fingerprint density at radius 2 is 1.29 bits per heavy atom. The van der Waals surface area contributed by atoms with Crippen LogP contribution in [0.1, 0.15) is 6.42 Å². The summed E-state index contributed by atoms with van der Waals surface area (Å²) in [5.41, 5.74) is -3.15. The number of carbonyl (C=O) groups excluding carboxylic acids is 3. The molecule has 21 heavy (non-hydrogen) atoms. The minimum atomic E-state index is -5.57. The van der Waals surface area contributed by atoms with Crippen LogP contribution in [0.25, 0.3) is 0 Å². The van der Waals surface area contributed by atoms with Crippen molar-refractivity contribution in [3.63, 3.8) is 0 Å². The van der Waals surface area contributed by atoms with Crippen molar-refractivity contribution >= 4 is 28.0 Å². The van der Waals surface area contributed by atoms with Crippen LogP contribution in [0.4, 0.5) is 0 Å². The topological polar surface area (TPSA) is 187 Å². The van der Waals surface area contributed by atoms with Gasteiger partial charge in [0.15, 0.2) is 5.44 Å². The van der Waals surface area contributed by atoms with E-state index in [4.69, 9.17) is 0 Å². The molecule has 0 radical (unpaired) electrons. The molecule has 98 valence electrons. The van der Waals surface area contributed by atoms with Gasteiger partial charge in [-0.25, -0.2) is 8.42 Å². The number of hydrogen-bond acceptors (Lipinski definition) is 10. The maximum Gasteiger partial charge on any atom is 1.00 e. The van der Waals surface area contributed by atoms with Gasteiger partial charge < -0.3 is 39.0 Å². The predicted octanol–water partition coefficient (Wildman–Crippen LogP) is -18.1. The molecule has 0 aliphatic carbocycles. The summed E-state index contributed by atoms with van der Waals surface area (Å²) in [6.07, 6.45) is -3.85. The zero-order valence-electron chi connectivity index (χ0n) is 11.9. The van der Waals surface area contributed by atoms with Gasteiger partial charge in [0.05, 0.1) is 11.9 Å². The van der Waals surface area contributed by atoms with E-state index in [2.05, 4.69) is 4.74 Å². The molecule has 0 N–H and O–H groups in total. The van der Waals surface area contributed by atoms with Gasteiger partial charge >= 0.3 is 118 Å². The van der Waals surface area contributed by atoms with Gasteiger partial charge in [-0.05, 0) is 0 Å². The van der Waals surface area contributed by atoms with Crippen molar-refractivity contribution in [2.45, 2.75) is 18.0 Å². The van der Waals surface area contributed by atoms with Crippen LogP contribution in [-0.2, 0) is 29.2 Å². The summed E-state index contributed by atoms with van der Waals surface area (Å²) in [7, 11) is -5.57. The number of carboxylic acids is 3. The molecule has 0 aromatic rings. The molecule has 0 heterocycles. The van der Waals surface area contributed by atoms with Crippen LogP contribution in [0, 0.1) is 0 Å². The first-order valence-electron chi connectivity index (χ1n) is 3.77. The van der Waals surface area contributed by atoms with Crippen LogP contribution in [0.15, 0.2) is 0 Å². The Kier molecular flexibility index (Phi) is 26.0. The van der Waals surface area contributed by atoms with Gasteiger partial charge in [0.25, 0.3) is 0 Å². The standard InChI is InChI=1S/C6H8O10S.4Na/c7-3(8)1-2(4(9)10)16-6(5(11)12)17(13,14)15;;;;/h2,6H,1H2,(H,7,8)(H,9,10)(H,11,12)(H,13,14,15);;;;/q;4*+1/p-4. The van der Waals surface area contributed by atoms with Crippen LogP contribution in [-0.4, -0.2) is 42.4 Å². The second-order valence-electron chi connectivity index (χ2n) is 2.66. The summed E-state index contributed by atoms with van der Waals surface area (Å²) in [5, 5.41) is 30.5. The SMILES string of the molecule is O=C([O-])CC(OC(C(=O)[O-])S(=O)(=O)[O-])C(=O)[O-].[Na+].[Na+].[Na+].[Na+]. The third kappa shape index (κ3) is 15.5. The smallest absolute Gasteiger partial charge is 0.746 e. The van der Waals surface area contributed by atoms with Crippen LogP contribution in [0.2, 0.25) is 0 Å². The van der Waals surface area contributed by atoms with Gasteiger partial charge in [-0.2, -0.15) is 0 Å². The first kappa shape index (κ1) is 34.6. The zero-order chi connectivity index (χ0) is 13.8. The van der Waals surface area contributed by atoms with Gasteiger partial charge in [-0.15, -0.1) is 0 Å². The molecular formula is C6H4Na4O10S. The van der Waals surface area contributed by atoms with Gasteiger partial charge in [0.2, 0.25) is 0 Å². The summed E-state index contributed by atoms with van der Waals surface area (Å²) in [5.74, 6) is -6.71.